The van der Waals surface area contributed by atoms with Crippen molar-refractivity contribution in [3.63, 3.8) is 0 Å². The molecule has 0 N–H and O–H groups in total. The average molecular weight is 156 g/mol. The number of ether oxygens (including phenoxy) is 1. The van der Waals surface area contributed by atoms with Crippen LogP contribution >= 0.6 is 0 Å². The van der Waals surface area contributed by atoms with Crippen LogP contribution in [-0.4, -0.2) is 19.0 Å². The highest BCUT2D eigenvalue weighted by atomic mass is 16.5. The highest BCUT2D eigenvalue weighted by molar-refractivity contribution is 5.75. The van der Waals surface area contributed by atoms with E-state index in [-0.39, 0.29) is 5.78 Å². The Bertz CT molecular complexity index is 128. The molecule has 64 valence electrons. The minimum atomic E-state index is 0.219. The van der Waals surface area contributed by atoms with Crippen molar-refractivity contribution in [2.24, 2.45) is 5.92 Å². The number of hydrogen-bond acceptors (Lipinski definition) is 2. The zero-order valence-electron chi connectivity index (χ0n) is 7.14. The van der Waals surface area contributed by atoms with Gasteiger partial charge in [0.15, 0.2) is 0 Å². The smallest absolute Gasteiger partial charge is 0.132 e. The molecule has 0 saturated heterocycles. The fourth-order valence-corrected chi connectivity index (χ4v) is 0.974. The summed E-state index contributed by atoms with van der Waals surface area (Å²) < 4.78 is 5.27. The monoisotopic (exact) mass is 156 g/mol. The first-order valence-electron chi connectivity index (χ1n) is 4.36. The van der Waals surface area contributed by atoms with E-state index in [9.17, 15) is 4.79 Å². The molecule has 0 unspecified atom stereocenters. The molecule has 1 fully saturated rings. The van der Waals surface area contributed by atoms with Crippen LogP contribution in [0.2, 0.25) is 0 Å². The number of ketones is 1. The van der Waals surface area contributed by atoms with Crippen molar-refractivity contribution < 1.29 is 9.53 Å². The van der Waals surface area contributed by atoms with Gasteiger partial charge in [-0.05, 0) is 19.3 Å². The van der Waals surface area contributed by atoms with Gasteiger partial charge in [0.25, 0.3) is 0 Å². The third-order valence-corrected chi connectivity index (χ3v) is 1.97. The van der Waals surface area contributed by atoms with Crippen LogP contribution in [0.3, 0.4) is 0 Å². The van der Waals surface area contributed by atoms with Crippen LogP contribution in [0, 0.1) is 5.92 Å². The first-order chi connectivity index (χ1) is 5.29. The molecule has 0 spiro atoms. The van der Waals surface area contributed by atoms with E-state index < -0.39 is 0 Å². The molecular formula is C9H16O2. The van der Waals surface area contributed by atoms with E-state index in [1.165, 1.54) is 19.3 Å². The molecule has 1 saturated carbocycles. The molecule has 11 heavy (non-hydrogen) atoms. The van der Waals surface area contributed by atoms with Gasteiger partial charge in [-0.2, -0.15) is 0 Å². The Morgan fingerprint density at radius 2 is 2.18 bits per heavy atom. The van der Waals surface area contributed by atoms with Crippen LogP contribution in [-0.2, 0) is 9.53 Å². The average Bonchev–Trinajstić information content (AvgIpc) is 2.70. The molecule has 0 heterocycles. The molecule has 0 aliphatic heterocycles. The van der Waals surface area contributed by atoms with Crippen LogP contribution in [0.15, 0.2) is 0 Å². The van der Waals surface area contributed by atoms with Gasteiger partial charge < -0.3 is 4.74 Å². The van der Waals surface area contributed by atoms with E-state index in [4.69, 9.17) is 4.74 Å². The SMILES string of the molecule is CC(=O)CCOCCC1CC1. The lowest BCUT2D eigenvalue weighted by Gasteiger charge is -2.00. The van der Waals surface area contributed by atoms with E-state index in [1.54, 1.807) is 6.92 Å². The lowest BCUT2D eigenvalue weighted by atomic mass is 10.3. The topological polar surface area (TPSA) is 26.3 Å². The maximum atomic E-state index is 10.5. The molecule has 1 aliphatic carbocycles. The van der Waals surface area contributed by atoms with Gasteiger partial charge in [-0.3, -0.25) is 4.79 Å². The molecule has 2 nitrogen and oxygen atoms in total. The minimum Gasteiger partial charge on any atom is -0.381 e. The molecule has 0 aromatic heterocycles. The number of carbonyl (C=O) groups excluding carboxylic acids is 1. The Hall–Kier alpha value is -0.370. The van der Waals surface area contributed by atoms with E-state index in [0.717, 1.165) is 12.5 Å². The fraction of sp³-hybridized carbons (Fsp3) is 0.889. The van der Waals surface area contributed by atoms with Gasteiger partial charge in [-0.25, -0.2) is 0 Å². The highest BCUT2D eigenvalue weighted by Crippen LogP contribution is 2.31. The quantitative estimate of drug-likeness (QED) is 0.548. The third-order valence-electron chi connectivity index (χ3n) is 1.97. The summed E-state index contributed by atoms with van der Waals surface area (Å²) in [7, 11) is 0. The van der Waals surface area contributed by atoms with Crippen LogP contribution in [0.1, 0.15) is 32.6 Å². The van der Waals surface area contributed by atoms with Gasteiger partial charge in [0.1, 0.15) is 5.78 Å². The molecule has 1 aliphatic rings. The first kappa shape index (κ1) is 8.72. The van der Waals surface area contributed by atoms with Crippen molar-refractivity contribution >= 4 is 5.78 Å². The van der Waals surface area contributed by atoms with Crippen molar-refractivity contribution in [3.8, 4) is 0 Å². The Morgan fingerprint density at radius 3 is 2.73 bits per heavy atom. The zero-order valence-corrected chi connectivity index (χ0v) is 7.14. The summed E-state index contributed by atoms with van der Waals surface area (Å²) in [6, 6.07) is 0. The second-order valence-electron chi connectivity index (χ2n) is 3.30. The molecular weight excluding hydrogens is 140 g/mol. The number of rotatable bonds is 6. The van der Waals surface area contributed by atoms with Crippen LogP contribution in [0.25, 0.3) is 0 Å². The van der Waals surface area contributed by atoms with Gasteiger partial charge in [0, 0.05) is 13.0 Å². The molecule has 0 aromatic carbocycles. The number of carbonyl (C=O) groups is 1. The Morgan fingerprint density at radius 1 is 1.45 bits per heavy atom. The lowest BCUT2D eigenvalue weighted by molar-refractivity contribution is -0.118. The summed E-state index contributed by atoms with van der Waals surface area (Å²) in [6.07, 6.45) is 4.54. The van der Waals surface area contributed by atoms with E-state index in [1.807, 2.05) is 0 Å². The lowest BCUT2D eigenvalue weighted by Crippen LogP contribution is -2.01. The molecule has 2 heteroatoms. The largest absolute Gasteiger partial charge is 0.381 e. The first-order valence-corrected chi connectivity index (χ1v) is 4.36. The standard InChI is InChI=1S/C9H16O2/c1-8(10)4-6-11-7-5-9-2-3-9/h9H,2-7H2,1H3. The van der Waals surface area contributed by atoms with Crippen LogP contribution in [0.4, 0.5) is 0 Å². The van der Waals surface area contributed by atoms with E-state index in [2.05, 4.69) is 0 Å². The number of Topliss-reactive ketones (excluding diaryl/α,β-unsaturated/α-hetero) is 1. The zero-order chi connectivity index (χ0) is 8.10. The van der Waals surface area contributed by atoms with Crippen molar-refractivity contribution in [1.29, 1.82) is 0 Å². The summed E-state index contributed by atoms with van der Waals surface area (Å²) in [5, 5.41) is 0. The van der Waals surface area contributed by atoms with Gasteiger partial charge in [-0.15, -0.1) is 0 Å². The molecule has 0 atom stereocenters. The highest BCUT2D eigenvalue weighted by Gasteiger charge is 2.20. The summed E-state index contributed by atoms with van der Waals surface area (Å²) in [4.78, 5) is 10.5. The Kier molecular flexibility index (Phi) is 3.57. The molecule has 1 rings (SSSR count). The molecule has 0 amide bonds. The maximum absolute atomic E-state index is 10.5. The van der Waals surface area contributed by atoms with Gasteiger partial charge in [-0.1, -0.05) is 12.8 Å². The Labute approximate surface area is 67.9 Å². The van der Waals surface area contributed by atoms with Gasteiger partial charge in [0.05, 0.1) is 6.61 Å². The summed E-state index contributed by atoms with van der Waals surface area (Å²) >= 11 is 0. The number of hydrogen-bond donors (Lipinski definition) is 0. The van der Waals surface area contributed by atoms with Crippen molar-refractivity contribution in [3.05, 3.63) is 0 Å². The van der Waals surface area contributed by atoms with Crippen molar-refractivity contribution in [1.82, 2.24) is 0 Å². The predicted octanol–water partition coefficient (Wildman–Crippen LogP) is 1.78. The molecule has 0 bridgehead atoms. The van der Waals surface area contributed by atoms with Crippen molar-refractivity contribution in [2.45, 2.75) is 32.6 Å². The van der Waals surface area contributed by atoms with Crippen LogP contribution < -0.4 is 0 Å². The molecule has 0 aromatic rings. The van der Waals surface area contributed by atoms with E-state index >= 15 is 0 Å². The fourth-order valence-electron chi connectivity index (χ4n) is 0.974. The molecule has 0 radical (unpaired) electrons. The van der Waals surface area contributed by atoms with Gasteiger partial charge in [0.2, 0.25) is 0 Å². The predicted molar refractivity (Wildman–Crippen MR) is 43.5 cm³/mol. The Balaban J connectivity index is 1.76. The normalized spacial score (nSPS) is 16.8. The van der Waals surface area contributed by atoms with Gasteiger partial charge >= 0.3 is 0 Å². The maximum Gasteiger partial charge on any atom is 0.132 e. The van der Waals surface area contributed by atoms with E-state index in [0.29, 0.717) is 13.0 Å². The summed E-state index contributed by atoms with van der Waals surface area (Å²) in [6.45, 7) is 3.06. The second kappa shape index (κ2) is 4.50. The van der Waals surface area contributed by atoms with Crippen LogP contribution in [0.5, 0.6) is 0 Å². The summed E-state index contributed by atoms with van der Waals surface area (Å²) in [5.41, 5.74) is 0. The summed E-state index contributed by atoms with van der Waals surface area (Å²) in [5.74, 6) is 1.16. The third kappa shape index (κ3) is 4.96. The van der Waals surface area contributed by atoms with Crippen molar-refractivity contribution in [2.75, 3.05) is 13.2 Å². The second-order valence-corrected chi connectivity index (χ2v) is 3.30. The minimum absolute atomic E-state index is 0.219.